The van der Waals surface area contributed by atoms with Gasteiger partial charge in [0, 0.05) is 43.6 Å². The number of likely N-dealkylation sites (N-methyl/N-ethyl adjacent to an activating group) is 1. The van der Waals surface area contributed by atoms with Crippen LogP contribution in [0, 0.1) is 11.6 Å². The van der Waals surface area contributed by atoms with E-state index in [1.807, 2.05) is 12.1 Å². The number of anilines is 3. The van der Waals surface area contributed by atoms with Crippen LogP contribution in [0.2, 0.25) is 0 Å². The van der Waals surface area contributed by atoms with E-state index < -0.39 is 34.1 Å². The van der Waals surface area contributed by atoms with Crippen LogP contribution in [0.1, 0.15) is 0 Å². The highest BCUT2D eigenvalue weighted by molar-refractivity contribution is 7.92. The van der Waals surface area contributed by atoms with Crippen LogP contribution in [-0.2, 0) is 14.8 Å². The standard InChI is InChI=1S/C20H24F2N4O3S/c1-24-9-11-25(12-10-24)17-6-4-16(5-7-17)23-20(27)14-26(30(2,28)29)19-8-3-15(21)13-18(19)22/h3-8,13H,9-12,14H2,1-2H3,(H,23,27). The molecule has 1 amide bonds. The van der Waals surface area contributed by atoms with Crippen molar-refractivity contribution in [2.75, 3.05) is 60.5 Å². The smallest absolute Gasteiger partial charge is 0.245 e. The fraction of sp³-hybridized carbons (Fsp3) is 0.350. The first kappa shape index (κ1) is 22.0. The second-order valence-electron chi connectivity index (χ2n) is 7.25. The summed E-state index contributed by atoms with van der Waals surface area (Å²) in [5, 5.41) is 2.61. The third-order valence-electron chi connectivity index (χ3n) is 4.89. The van der Waals surface area contributed by atoms with E-state index in [0.717, 1.165) is 50.3 Å². The average Bonchev–Trinajstić information content (AvgIpc) is 2.67. The first-order chi connectivity index (χ1) is 14.1. The van der Waals surface area contributed by atoms with Gasteiger partial charge in [0.05, 0.1) is 11.9 Å². The van der Waals surface area contributed by atoms with Crippen molar-refractivity contribution in [1.82, 2.24) is 4.90 Å². The molecule has 1 aliphatic rings. The molecule has 0 bridgehead atoms. The number of sulfonamides is 1. The summed E-state index contributed by atoms with van der Waals surface area (Å²) in [5.74, 6) is -2.55. The molecule has 10 heteroatoms. The normalized spacial score (nSPS) is 15.1. The van der Waals surface area contributed by atoms with E-state index in [1.54, 1.807) is 12.1 Å². The molecule has 162 valence electrons. The van der Waals surface area contributed by atoms with Gasteiger partial charge >= 0.3 is 0 Å². The van der Waals surface area contributed by atoms with Gasteiger partial charge in [-0.3, -0.25) is 9.10 Å². The number of hydrogen-bond donors (Lipinski definition) is 1. The van der Waals surface area contributed by atoms with Crippen LogP contribution in [0.15, 0.2) is 42.5 Å². The highest BCUT2D eigenvalue weighted by Gasteiger charge is 2.24. The summed E-state index contributed by atoms with van der Waals surface area (Å²) in [7, 11) is -1.89. The van der Waals surface area contributed by atoms with Gasteiger partial charge in [0.1, 0.15) is 18.2 Å². The van der Waals surface area contributed by atoms with Crippen LogP contribution >= 0.6 is 0 Å². The topological polar surface area (TPSA) is 73.0 Å². The molecule has 2 aromatic rings. The van der Waals surface area contributed by atoms with E-state index in [2.05, 4.69) is 22.2 Å². The predicted octanol–water partition coefficient (Wildman–Crippen LogP) is 2.12. The van der Waals surface area contributed by atoms with Crippen molar-refractivity contribution in [3.05, 3.63) is 54.1 Å². The Kier molecular flexibility index (Phi) is 6.57. The molecule has 0 aliphatic carbocycles. The van der Waals surface area contributed by atoms with Crippen LogP contribution in [0.25, 0.3) is 0 Å². The highest BCUT2D eigenvalue weighted by Crippen LogP contribution is 2.23. The van der Waals surface area contributed by atoms with Crippen molar-refractivity contribution < 1.29 is 22.0 Å². The first-order valence-electron chi connectivity index (χ1n) is 9.39. The van der Waals surface area contributed by atoms with E-state index in [0.29, 0.717) is 16.1 Å². The van der Waals surface area contributed by atoms with Crippen molar-refractivity contribution in [3.63, 3.8) is 0 Å². The van der Waals surface area contributed by atoms with Gasteiger partial charge < -0.3 is 15.1 Å². The maximum atomic E-state index is 14.1. The molecule has 1 aliphatic heterocycles. The molecule has 0 radical (unpaired) electrons. The lowest BCUT2D eigenvalue weighted by Crippen LogP contribution is -2.44. The molecule has 0 spiro atoms. The molecular weight excluding hydrogens is 414 g/mol. The van der Waals surface area contributed by atoms with Gasteiger partial charge in [-0.05, 0) is 43.4 Å². The molecule has 3 rings (SSSR count). The molecule has 7 nitrogen and oxygen atoms in total. The molecule has 1 heterocycles. The number of benzene rings is 2. The van der Waals surface area contributed by atoms with Gasteiger partial charge in [-0.1, -0.05) is 0 Å². The van der Waals surface area contributed by atoms with E-state index in [1.165, 1.54) is 0 Å². The zero-order chi connectivity index (χ0) is 21.9. The average molecular weight is 439 g/mol. The fourth-order valence-electron chi connectivity index (χ4n) is 3.22. The molecule has 0 saturated carbocycles. The lowest BCUT2D eigenvalue weighted by atomic mass is 10.2. The molecular formula is C20H24F2N4O3S. The third kappa shape index (κ3) is 5.45. The van der Waals surface area contributed by atoms with Crippen LogP contribution in [-0.4, -0.2) is 65.3 Å². The monoisotopic (exact) mass is 438 g/mol. The SMILES string of the molecule is CN1CCN(c2ccc(NC(=O)CN(c3ccc(F)cc3F)S(C)(=O)=O)cc2)CC1. The Morgan fingerprint density at radius 2 is 1.70 bits per heavy atom. The van der Waals surface area contributed by atoms with E-state index >= 15 is 0 Å². The number of carbonyl (C=O) groups excluding carboxylic acids is 1. The lowest BCUT2D eigenvalue weighted by molar-refractivity contribution is -0.114. The van der Waals surface area contributed by atoms with Gasteiger partial charge in [-0.2, -0.15) is 0 Å². The number of hydrogen-bond acceptors (Lipinski definition) is 5. The van der Waals surface area contributed by atoms with E-state index in [-0.39, 0.29) is 5.69 Å². The quantitative estimate of drug-likeness (QED) is 0.748. The molecule has 1 saturated heterocycles. The Morgan fingerprint density at radius 1 is 1.07 bits per heavy atom. The lowest BCUT2D eigenvalue weighted by Gasteiger charge is -2.34. The minimum absolute atomic E-state index is 0.389. The molecule has 0 unspecified atom stereocenters. The molecule has 1 fully saturated rings. The number of halogens is 2. The Hall–Kier alpha value is -2.72. The number of amides is 1. The molecule has 0 aromatic heterocycles. The van der Waals surface area contributed by atoms with Crippen molar-refractivity contribution in [2.45, 2.75) is 0 Å². The number of nitrogens with zero attached hydrogens (tertiary/aromatic N) is 3. The summed E-state index contributed by atoms with van der Waals surface area (Å²) < 4.78 is 52.0. The zero-order valence-corrected chi connectivity index (χ0v) is 17.6. The zero-order valence-electron chi connectivity index (χ0n) is 16.8. The molecule has 30 heavy (non-hydrogen) atoms. The van der Waals surface area contributed by atoms with Crippen LogP contribution in [0.3, 0.4) is 0 Å². The summed E-state index contributed by atoms with van der Waals surface area (Å²) in [6.07, 6.45) is 0.855. The van der Waals surface area contributed by atoms with Gasteiger partial charge in [0.25, 0.3) is 0 Å². The van der Waals surface area contributed by atoms with E-state index in [4.69, 9.17) is 0 Å². The Labute approximate surface area is 174 Å². The van der Waals surface area contributed by atoms with Crippen LogP contribution in [0.5, 0.6) is 0 Å². The van der Waals surface area contributed by atoms with Crippen molar-refractivity contribution >= 4 is 33.0 Å². The highest BCUT2D eigenvalue weighted by atomic mass is 32.2. The summed E-state index contributed by atoms with van der Waals surface area (Å²) in [5.41, 5.74) is 1.14. The number of carbonyl (C=O) groups is 1. The van der Waals surface area contributed by atoms with Gasteiger partial charge in [-0.25, -0.2) is 17.2 Å². The summed E-state index contributed by atoms with van der Waals surface area (Å²) in [4.78, 5) is 16.9. The Morgan fingerprint density at radius 3 is 2.27 bits per heavy atom. The fourth-order valence-corrected chi connectivity index (χ4v) is 4.07. The van der Waals surface area contributed by atoms with Crippen molar-refractivity contribution in [1.29, 1.82) is 0 Å². The molecule has 2 aromatic carbocycles. The Bertz CT molecular complexity index is 1010. The molecule has 1 N–H and O–H groups in total. The van der Waals surface area contributed by atoms with Gasteiger partial charge in [-0.15, -0.1) is 0 Å². The second-order valence-corrected chi connectivity index (χ2v) is 9.16. The molecule has 0 atom stereocenters. The number of nitrogens with one attached hydrogen (secondary N) is 1. The van der Waals surface area contributed by atoms with Gasteiger partial charge in [0.2, 0.25) is 15.9 Å². The van der Waals surface area contributed by atoms with Gasteiger partial charge in [0.15, 0.2) is 0 Å². The Balaban J connectivity index is 1.68. The minimum Gasteiger partial charge on any atom is -0.369 e. The minimum atomic E-state index is -3.97. The second kappa shape index (κ2) is 8.97. The summed E-state index contributed by atoms with van der Waals surface area (Å²) in [6.45, 7) is 3.13. The summed E-state index contributed by atoms with van der Waals surface area (Å²) in [6, 6.07) is 9.73. The summed E-state index contributed by atoms with van der Waals surface area (Å²) >= 11 is 0. The maximum Gasteiger partial charge on any atom is 0.245 e. The van der Waals surface area contributed by atoms with Crippen molar-refractivity contribution in [3.8, 4) is 0 Å². The third-order valence-corrected chi connectivity index (χ3v) is 6.01. The number of rotatable bonds is 6. The van der Waals surface area contributed by atoms with E-state index in [9.17, 15) is 22.0 Å². The predicted molar refractivity (Wildman–Crippen MR) is 113 cm³/mol. The van der Waals surface area contributed by atoms with Crippen LogP contribution in [0.4, 0.5) is 25.8 Å². The maximum absolute atomic E-state index is 14.1. The largest absolute Gasteiger partial charge is 0.369 e. The first-order valence-corrected chi connectivity index (χ1v) is 11.2. The number of piperazine rings is 1. The van der Waals surface area contributed by atoms with Crippen molar-refractivity contribution in [2.24, 2.45) is 0 Å². The van der Waals surface area contributed by atoms with Crippen LogP contribution < -0.4 is 14.5 Å².